The number of likely N-dealkylation sites (N-methyl/N-ethyl adjacent to an activating group) is 1. The molecule has 2 aromatic carbocycles. The Hall–Kier alpha value is -2.42. The molecular formula is C20H27N3O4S. The monoisotopic (exact) mass is 405 g/mol. The normalized spacial score (nSPS) is 11.7. The first-order chi connectivity index (χ1) is 13.1. The van der Waals surface area contributed by atoms with Crippen molar-refractivity contribution in [1.29, 1.82) is 0 Å². The van der Waals surface area contributed by atoms with Crippen LogP contribution < -0.4 is 10.1 Å². The van der Waals surface area contributed by atoms with E-state index < -0.39 is 10.0 Å². The number of hydrogen-bond donors (Lipinski definition) is 1. The van der Waals surface area contributed by atoms with Gasteiger partial charge in [0, 0.05) is 26.3 Å². The fourth-order valence-electron chi connectivity index (χ4n) is 2.70. The topological polar surface area (TPSA) is 79.0 Å². The zero-order chi connectivity index (χ0) is 20.9. The average molecular weight is 406 g/mol. The van der Waals surface area contributed by atoms with Crippen molar-refractivity contribution in [3.05, 3.63) is 53.6 Å². The summed E-state index contributed by atoms with van der Waals surface area (Å²) in [5.41, 5.74) is 2.14. The number of rotatable bonds is 8. The molecule has 0 aliphatic heterocycles. The third-order valence-corrected chi connectivity index (χ3v) is 6.21. The number of nitrogens with zero attached hydrogens (tertiary/aromatic N) is 2. The number of nitrogens with one attached hydrogen (secondary N) is 1. The Balaban J connectivity index is 2.02. The van der Waals surface area contributed by atoms with Crippen LogP contribution in [0.5, 0.6) is 5.75 Å². The molecule has 0 saturated carbocycles. The van der Waals surface area contributed by atoms with E-state index in [0.717, 1.165) is 15.6 Å². The molecule has 0 saturated heterocycles. The smallest absolute Gasteiger partial charge is 0.242 e. The molecule has 0 spiro atoms. The summed E-state index contributed by atoms with van der Waals surface area (Å²) in [6.45, 7) is 2.51. The Morgan fingerprint density at radius 1 is 1.07 bits per heavy atom. The van der Waals surface area contributed by atoms with E-state index in [9.17, 15) is 13.2 Å². The lowest BCUT2D eigenvalue weighted by molar-refractivity contribution is -0.117. The van der Waals surface area contributed by atoms with Gasteiger partial charge in [-0.15, -0.1) is 0 Å². The van der Waals surface area contributed by atoms with E-state index in [2.05, 4.69) is 5.32 Å². The summed E-state index contributed by atoms with van der Waals surface area (Å²) >= 11 is 0. The van der Waals surface area contributed by atoms with E-state index in [4.69, 9.17) is 4.74 Å². The van der Waals surface area contributed by atoms with E-state index in [0.29, 0.717) is 17.8 Å². The number of aryl methyl sites for hydroxylation is 1. The molecule has 1 amide bonds. The molecule has 0 aliphatic rings. The van der Waals surface area contributed by atoms with Crippen LogP contribution in [0, 0.1) is 6.92 Å². The van der Waals surface area contributed by atoms with Gasteiger partial charge in [0.1, 0.15) is 5.75 Å². The maximum Gasteiger partial charge on any atom is 0.242 e. The molecule has 152 valence electrons. The lowest BCUT2D eigenvalue weighted by atomic mass is 10.2. The molecule has 0 bridgehead atoms. The number of hydrogen-bond acceptors (Lipinski definition) is 5. The Kier molecular flexibility index (Phi) is 7.17. The van der Waals surface area contributed by atoms with E-state index >= 15 is 0 Å². The zero-order valence-corrected chi connectivity index (χ0v) is 17.7. The highest BCUT2D eigenvalue weighted by molar-refractivity contribution is 7.89. The van der Waals surface area contributed by atoms with Crippen molar-refractivity contribution in [2.24, 2.45) is 0 Å². The lowest BCUT2D eigenvalue weighted by Crippen LogP contribution is -2.30. The molecule has 8 heteroatoms. The van der Waals surface area contributed by atoms with Crippen LogP contribution in [0.25, 0.3) is 0 Å². The fraction of sp³-hybridized carbons (Fsp3) is 0.350. The number of ether oxygens (including phenoxy) is 1. The standard InChI is InChI=1S/C20H27N3O4S/c1-15-6-9-17(12-19(15)28(25,26)22(2)3)21-20(24)14-23(4)13-16-7-10-18(27-5)11-8-16/h6-12H,13-14H2,1-5H3,(H,21,24). The Labute approximate surface area is 167 Å². The number of carbonyl (C=O) groups is 1. The molecule has 0 fully saturated rings. The molecule has 0 radical (unpaired) electrons. The first-order valence-corrected chi connectivity index (χ1v) is 10.2. The minimum atomic E-state index is -3.57. The van der Waals surface area contributed by atoms with E-state index in [1.54, 1.807) is 26.2 Å². The van der Waals surface area contributed by atoms with Gasteiger partial charge in [-0.3, -0.25) is 9.69 Å². The summed E-state index contributed by atoms with van der Waals surface area (Å²) in [6.07, 6.45) is 0. The van der Waals surface area contributed by atoms with Gasteiger partial charge in [-0.25, -0.2) is 12.7 Å². The van der Waals surface area contributed by atoms with Crippen molar-refractivity contribution in [1.82, 2.24) is 9.21 Å². The van der Waals surface area contributed by atoms with Gasteiger partial charge in [0.25, 0.3) is 0 Å². The Morgan fingerprint density at radius 3 is 2.29 bits per heavy atom. The minimum Gasteiger partial charge on any atom is -0.497 e. The van der Waals surface area contributed by atoms with Crippen LogP contribution >= 0.6 is 0 Å². The maximum absolute atomic E-state index is 12.4. The van der Waals surface area contributed by atoms with Gasteiger partial charge in [-0.2, -0.15) is 0 Å². The van der Waals surface area contributed by atoms with Crippen molar-refractivity contribution in [3.8, 4) is 5.75 Å². The second-order valence-corrected chi connectivity index (χ2v) is 8.96. The van der Waals surface area contributed by atoms with Gasteiger partial charge in [-0.05, 0) is 49.4 Å². The number of anilines is 1. The molecule has 1 N–H and O–H groups in total. The zero-order valence-electron chi connectivity index (χ0n) is 16.9. The first-order valence-electron chi connectivity index (χ1n) is 8.78. The van der Waals surface area contributed by atoms with Crippen LogP contribution in [-0.4, -0.2) is 58.3 Å². The number of carbonyl (C=O) groups excluding carboxylic acids is 1. The predicted octanol–water partition coefficient (Wildman–Crippen LogP) is 2.32. The highest BCUT2D eigenvalue weighted by Crippen LogP contribution is 2.22. The number of amides is 1. The molecule has 7 nitrogen and oxygen atoms in total. The third kappa shape index (κ3) is 5.54. The van der Waals surface area contributed by atoms with Gasteiger partial charge in [0.15, 0.2) is 0 Å². The van der Waals surface area contributed by atoms with Crippen LogP contribution in [-0.2, 0) is 21.4 Å². The fourth-order valence-corrected chi connectivity index (χ4v) is 3.84. The van der Waals surface area contributed by atoms with E-state index in [1.165, 1.54) is 20.2 Å². The van der Waals surface area contributed by atoms with Crippen LogP contribution in [0.2, 0.25) is 0 Å². The van der Waals surface area contributed by atoms with Gasteiger partial charge in [-0.1, -0.05) is 18.2 Å². The summed E-state index contributed by atoms with van der Waals surface area (Å²) in [4.78, 5) is 14.4. The second kappa shape index (κ2) is 9.18. The van der Waals surface area contributed by atoms with Gasteiger partial charge >= 0.3 is 0 Å². The molecule has 28 heavy (non-hydrogen) atoms. The van der Waals surface area contributed by atoms with Gasteiger partial charge in [0.05, 0.1) is 18.6 Å². The van der Waals surface area contributed by atoms with Crippen molar-refractivity contribution < 1.29 is 17.9 Å². The molecule has 0 unspecified atom stereocenters. The molecular weight excluding hydrogens is 378 g/mol. The summed E-state index contributed by atoms with van der Waals surface area (Å²) in [5.74, 6) is 0.570. The average Bonchev–Trinajstić information content (AvgIpc) is 2.63. The van der Waals surface area contributed by atoms with Crippen LogP contribution in [0.1, 0.15) is 11.1 Å². The molecule has 0 aliphatic carbocycles. The van der Waals surface area contributed by atoms with Crippen LogP contribution in [0.15, 0.2) is 47.4 Å². The molecule has 2 rings (SSSR count). The molecule has 0 atom stereocenters. The number of sulfonamides is 1. The van der Waals surface area contributed by atoms with Crippen molar-refractivity contribution in [3.63, 3.8) is 0 Å². The lowest BCUT2D eigenvalue weighted by Gasteiger charge is -2.18. The number of methoxy groups -OCH3 is 1. The molecule has 2 aromatic rings. The van der Waals surface area contributed by atoms with Crippen LogP contribution in [0.4, 0.5) is 5.69 Å². The first kappa shape index (κ1) is 21.9. The van der Waals surface area contributed by atoms with Crippen molar-refractivity contribution in [2.45, 2.75) is 18.4 Å². The highest BCUT2D eigenvalue weighted by Gasteiger charge is 2.20. The van der Waals surface area contributed by atoms with Crippen LogP contribution in [0.3, 0.4) is 0 Å². The van der Waals surface area contributed by atoms with Crippen molar-refractivity contribution >= 4 is 21.6 Å². The minimum absolute atomic E-state index is 0.176. The van der Waals surface area contributed by atoms with Crippen molar-refractivity contribution in [2.75, 3.05) is 40.1 Å². The largest absolute Gasteiger partial charge is 0.497 e. The Bertz CT molecular complexity index is 925. The quantitative estimate of drug-likeness (QED) is 0.729. The molecule has 0 aromatic heterocycles. The van der Waals surface area contributed by atoms with Gasteiger partial charge < -0.3 is 10.1 Å². The van der Waals surface area contributed by atoms with E-state index in [1.807, 2.05) is 36.2 Å². The third-order valence-electron chi connectivity index (χ3n) is 4.26. The summed E-state index contributed by atoms with van der Waals surface area (Å²) in [6, 6.07) is 12.5. The number of benzene rings is 2. The Morgan fingerprint density at radius 2 is 1.71 bits per heavy atom. The second-order valence-electron chi connectivity index (χ2n) is 6.84. The SMILES string of the molecule is COc1ccc(CN(C)CC(=O)Nc2ccc(C)c(S(=O)(=O)N(C)C)c2)cc1. The van der Waals surface area contributed by atoms with Gasteiger partial charge in [0.2, 0.25) is 15.9 Å². The summed E-state index contributed by atoms with van der Waals surface area (Å²) in [7, 11) is 2.85. The molecule has 0 heterocycles. The van der Waals surface area contributed by atoms with E-state index in [-0.39, 0.29) is 17.3 Å². The summed E-state index contributed by atoms with van der Waals surface area (Å²) in [5, 5.41) is 2.77. The maximum atomic E-state index is 12.4. The summed E-state index contributed by atoms with van der Waals surface area (Å²) < 4.78 is 31.1. The highest BCUT2D eigenvalue weighted by atomic mass is 32.2. The predicted molar refractivity (Wildman–Crippen MR) is 110 cm³/mol.